The van der Waals surface area contributed by atoms with E-state index in [0.717, 1.165) is 5.69 Å². The van der Waals surface area contributed by atoms with E-state index in [1.807, 2.05) is 6.92 Å². The van der Waals surface area contributed by atoms with Crippen molar-refractivity contribution in [3.8, 4) is 29.4 Å². The first-order valence-electron chi connectivity index (χ1n) is 10.6. The minimum absolute atomic E-state index is 0.511. The van der Waals surface area contributed by atoms with Gasteiger partial charge in [0.15, 0.2) is 11.7 Å². The van der Waals surface area contributed by atoms with E-state index in [1.165, 1.54) is 12.4 Å². The molecule has 0 radical (unpaired) electrons. The Hall–Kier alpha value is -3.15. The lowest BCUT2D eigenvalue weighted by Gasteiger charge is -2.43. The van der Waals surface area contributed by atoms with Crippen LogP contribution in [0.3, 0.4) is 0 Å². The topological polar surface area (TPSA) is 126 Å². The van der Waals surface area contributed by atoms with Crippen molar-refractivity contribution in [2.45, 2.75) is 43.5 Å². The number of aromatic nitrogens is 4. The Balaban J connectivity index is 1.64. The number of aliphatic hydroxyl groups excluding tert-OH is 3. The van der Waals surface area contributed by atoms with Gasteiger partial charge in [0.2, 0.25) is 0 Å². The van der Waals surface area contributed by atoms with E-state index in [0.29, 0.717) is 22.7 Å². The molecule has 1 fully saturated rings. The number of hydrogen-bond acceptors (Lipinski definition) is 7. The van der Waals surface area contributed by atoms with Crippen LogP contribution < -0.4 is 0 Å². The molecule has 4 rings (SSSR count). The maximum absolute atomic E-state index is 11.2. The van der Waals surface area contributed by atoms with Gasteiger partial charge in [-0.15, -0.1) is 0 Å². The summed E-state index contributed by atoms with van der Waals surface area (Å²) in [5.41, 5.74) is -0.421. The molecule has 5 atom stereocenters. The molecule has 1 aromatic carbocycles. The minimum atomic E-state index is -2.22. The van der Waals surface area contributed by atoms with Gasteiger partial charge in [-0.05, 0) is 31.2 Å². The van der Waals surface area contributed by atoms with Crippen LogP contribution in [-0.2, 0) is 11.3 Å². The number of benzene rings is 1. The zero-order valence-corrected chi connectivity index (χ0v) is 19.0. The Labute approximate surface area is 201 Å². The summed E-state index contributed by atoms with van der Waals surface area (Å²) >= 11 is 5.92. The van der Waals surface area contributed by atoms with Crippen molar-refractivity contribution >= 4 is 11.6 Å². The van der Waals surface area contributed by atoms with Crippen LogP contribution >= 0.6 is 11.6 Å². The molecular weight excluding hydrogens is 460 g/mol. The van der Waals surface area contributed by atoms with Crippen LogP contribution in [-0.4, -0.2) is 76.6 Å². The summed E-state index contributed by atoms with van der Waals surface area (Å²) in [7, 11) is 0. The van der Waals surface area contributed by atoms with Gasteiger partial charge in [-0.25, -0.2) is 4.68 Å². The quantitative estimate of drug-likeness (QED) is 0.397. The van der Waals surface area contributed by atoms with E-state index in [2.05, 4.69) is 33.9 Å². The van der Waals surface area contributed by atoms with Gasteiger partial charge >= 0.3 is 0 Å². The van der Waals surface area contributed by atoms with Crippen molar-refractivity contribution in [1.82, 2.24) is 19.6 Å². The Morgan fingerprint density at radius 1 is 1.09 bits per heavy atom. The molecule has 0 unspecified atom stereocenters. The molecule has 0 spiro atoms. The number of rotatable bonds is 3. The van der Waals surface area contributed by atoms with Crippen LogP contribution in [0.1, 0.15) is 18.1 Å². The van der Waals surface area contributed by atoms with E-state index in [1.54, 1.807) is 46.0 Å². The zero-order valence-electron chi connectivity index (χ0n) is 18.2. The van der Waals surface area contributed by atoms with Crippen LogP contribution in [0.15, 0.2) is 49.1 Å². The van der Waals surface area contributed by atoms with Crippen molar-refractivity contribution < 1.29 is 25.2 Å². The van der Waals surface area contributed by atoms with Gasteiger partial charge in [-0.2, -0.15) is 10.2 Å². The summed E-state index contributed by atoms with van der Waals surface area (Å²) in [6, 6.07) is 7.08. The van der Waals surface area contributed by atoms with E-state index in [9.17, 15) is 20.4 Å². The average Bonchev–Trinajstić information content (AvgIpc) is 3.51. The molecule has 34 heavy (non-hydrogen) atoms. The summed E-state index contributed by atoms with van der Waals surface area (Å²) in [6.07, 6.45) is 0.657. The highest BCUT2D eigenvalue weighted by Crippen LogP contribution is 2.30. The SMILES string of the molecule is CCn1cc(C#C[C@@]2(O)[C@@H](C#Cc3cnn(-c4ccc(Cl)cc4)c3)O[C@H](CO)[C@@H](O)[C@@H]2O)cn1. The molecule has 0 amide bonds. The molecule has 2 aromatic heterocycles. The average molecular weight is 483 g/mol. The van der Waals surface area contributed by atoms with E-state index >= 15 is 0 Å². The number of hydrogen-bond donors (Lipinski definition) is 4. The summed E-state index contributed by atoms with van der Waals surface area (Å²) in [5, 5.41) is 50.7. The predicted octanol–water partition coefficient (Wildman–Crippen LogP) is 0.358. The van der Waals surface area contributed by atoms with Crippen LogP contribution in [0.4, 0.5) is 0 Å². The molecule has 4 N–H and O–H groups in total. The lowest BCUT2D eigenvalue weighted by Crippen LogP contribution is -2.65. The smallest absolute Gasteiger partial charge is 0.191 e. The molecule has 1 aliphatic rings. The van der Waals surface area contributed by atoms with Gasteiger partial charge < -0.3 is 25.2 Å². The van der Waals surface area contributed by atoms with Gasteiger partial charge in [0, 0.05) is 24.0 Å². The largest absolute Gasteiger partial charge is 0.394 e. The highest BCUT2D eigenvalue weighted by molar-refractivity contribution is 6.30. The highest BCUT2D eigenvalue weighted by Gasteiger charge is 2.53. The van der Waals surface area contributed by atoms with Crippen molar-refractivity contribution in [2.24, 2.45) is 0 Å². The summed E-state index contributed by atoms with van der Waals surface area (Å²) < 4.78 is 8.89. The van der Waals surface area contributed by atoms with Crippen LogP contribution in [0.2, 0.25) is 5.02 Å². The second kappa shape index (κ2) is 10.00. The maximum atomic E-state index is 11.2. The van der Waals surface area contributed by atoms with Crippen molar-refractivity contribution in [3.05, 3.63) is 65.2 Å². The Morgan fingerprint density at radius 2 is 1.79 bits per heavy atom. The molecule has 9 nitrogen and oxygen atoms in total. The standard InChI is InChI=1S/C24H23ClN4O5/c1-2-28-13-17(11-26-28)9-10-24(33)21(34-20(15-30)22(31)23(24)32)8-3-16-12-27-29(14-16)19-6-4-18(25)5-7-19/h4-7,11-14,20-23,30-33H,2,15H2,1H3/t20-,21-,22-,23+,24-/m1/s1. The third kappa shape index (κ3) is 4.86. The first-order chi connectivity index (χ1) is 16.3. The molecule has 0 aliphatic carbocycles. The van der Waals surface area contributed by atoms with Gasteiger partial charge in [0.25, 0.3) is 0 Å². The molecule has 1 saturated heterocycles. The Kier molecular flexibility index (Phi) is 7.05. The first kappa shape index (κ1) is 24.0. The number of nitrogens with zero attached hydrogens (tertiary/aromatic N) is 4. The van der Waals surface area contributed by atoms with Crippen LogP contribution in [0.5, 0.6) is 0 Å². The number of aliphatic hydroxyl groups is 4. The monoisotopic (exact) mass is 482 g/mol. The Morgan fingerprint density at radius 3 is 2.47 bits per heavy atom. The number of ether oxygens (including phenoxy) is 1. The third-order valence-corrected chi connectivity index (χ3v) is 5.68. The lowest BCUT2D eigenvalue weighted by molar-refractivity contribution is -0.239. The van der Waals surface area contributed by atoms with E-state index < -0.39 is 36.6 Å². The fourth-order valence-corrected chi connectivity index (χ4v) is 3.58. The highest BCUT2D eigenvalue weighted by atomic mass is 35.5. The fourth-order valence-electron chi connectivity index (χ4n) is 3.46. The van der Waals surface area contributed by atoms with Gasteiger partial charge in [-0.3, -0.25) is 4.68 Å². The molecule has 10 heteroatoms. The first-order valence-corrected chi connectivity index (χ1v) is 10.9. The Bertz CT molecular complexity index is 1270. The molecule has 3 heterocycles. The van der Waals surface area contributed by atoms with Gasteiger partial charge in [0.05, 0.1) is 35.8 Å². The van der Waals surface area contributed by atoms with Crippen molar-refractivity contribution in [1.29, 1.82) is 0 Å². The van der Waals surface area contributed by atoms with Gasteiger partial charge in [-0.1, -0.05) is 35.3 Å². The van der Waals surface area contributed by atoms with Crippen LogP contribution in [0, 0.1) is 23.7 Å². The third-order valence-electron chi connectivity index (χ3n) is 5.43. The second-order valence-corrected chi connectivity index (χ2v) is 8.19. The molecule has 0 saturated carbocycles. The predicted molar refractivity (Wildman–Crippen MR) is 123 cm³/mol. The lowest BCUT2D eigenvalue weighted by atomic mass is 9.82. The van der Waals surface area contributed by atoms with E-state index in [-0.39, 0.29) is 0 Å². The second-order valence-electron chi connectivity index (χ2n) is 7.75. The molecule has 0 bridgehead atoms. The normalized spacial score (nSPS) is 26.3. The molecule has 1 aliphatic heterocycles. The van der Waals surface area contributed by atoms with Gasteiger partial charge in [0.1, 0.15) is 18.3 Å². The van der Waals surface area contributed by atoms with Crippen LogP contribution in [0.25, 0.3) is 5.69 Å². The number of aryl methyl sites for hydroxylation is 1. The summed E-state index contributed by atoms with van der Waals surface area (Å²) in [4.78, 5) is 0. The summed E-state index contributed by atoms with van der Waals surface area (Å²) in [6.45, 7) is 1.99. The molecule has 3 aromatic rings. The minimum Gasteiger partial charge on any atom is -0.394 e. The molecule has 176 valence electrons. The maximum Gasteiger partial charge on any atom is 0.191 e. The fraction of sp³-hybridized carbons (Fsp3) is 0.333. The number of halogens is 1. The van der Waals surface area contributed by atoms with Crippen molar-refractivity contribution in [3.63, 3.8) is 0 Å². The van der Waals surface area contributed by atoms with Crippen molar-refractivity contribution in [2.75, 3.05) is 6.61 Å². The zero-order chi connectivity index (χ0) is 24.3. The molecular formula is C24H23ClN4O5. The summed E-state index contributed by atoms with van der Waals surface area (Å²) in [5.74, 6) is 11.0. The van der Waals surface area contributed by atoms with E-state index in [4.69, 9.17) is 16.3 Å².